The summed E-state index contributed by atoms with van der Waals surface area (Å²) in [5.41, 5.74) is 8.06. The maximum atomic E-state index is 11.8. The maximum Gasteiger partial charge on any atom is 0.356 e. The van der Waals surface area contributed by atoms with Crippen molar-refractivity contribution in [2.75, 3.05) is 18.0 Å². The van der Waals surface area contributed by atoms with E-state index in [4.69, 9.17) is 10.6 Å². The molecule has 98 valence electrons. The van der Waals surface area contributed by atoms with Crippen molar-refractivity contribution in [1.29, 1.82) is 0 Å². The molecule has 19 heavy (non-hydrogen) atoms. The third kappa shape index (κ3) is 2.78. The molecule has 1 atom stereocenters. The number of rotatable bonds is 4. The highest BCUT2D eigenvalue weighted by molar-refractivity contribution is 5.95. The summed E-state index contributed by atoms with van der Waals surface area (Å²) >= 11 is 0. The van der Waals surface area contributed by atoms with Gasteiger partial charge >= 0.3 is 5.97 Å². The molecule has 1 saturated heterocycles. The molecule has 1 unspecified atom stereocenters. The van der Waals surface area contributed by atoms with Crippen LogP contribution in [0.25, 0.3) is 10.4 Å². The third-order valence-electron chi connectivity index (χ3n) is 2.74. The van der Waals surface area contributed by atoms with E-state index in [0.717, 1.165) is 6.20 Å². The topological polar surface area (TPSA) is 132 Å². The summed E-state index contributed by atoms with van der Waals surface area (Å²) < 4.78 is 0. The van der Waals surface area contributed by atoms with Gasteiger partial charge in [-0.15, -0.1) is 0 Å². The van der Waals surface area contributed by atoms with Crippen LogP contribution in [-0.4, -0.2) is 40.0 Å². The van der Waals surface area contributed by atoms with Crippen molar-refractivity contribution in [2.24, 2.45) is 11.0 Å². The number of carbonyl (C=O) groups is 2. The highest BCUT2D eigenvalue weighted by atomic mass is 16.4. The van der Waals surface area contributed by atoms with Crippen molar-refractivity contribution in [2.45, 2.75) is 6.42 Å². The molecule has 2 rings (SSSR count). The van der Waals surface area contributed by atoms with Gasteiger partial charge in [0, 0.05) is 24.4 Å². The number of carboxylic acids is 1. The lowest BCUT2D eigenvalue weighted by Gasteiger charge is -2.14. The number of hydrogen-bond acceptors (Lipinski definition) is 5. The number of azide groups is 1. The van der Waals surface area contributed by atoms with Gasteiger partial charge in [0.1, 0.15) is 0 Å². The summed E-state index contributed by atoms with van der Waals surface area (Å²) in [6, 6.07) is 0. The van der Waals surface area contributed by atoms with Gasteiger partial charge in [0.05, 0.1) is 12.4 Å². The quantitative estimate of drug-likeness (QED) is 0.487. The first-order valence-corrected chi connectivity index (χ1v) is 5.48. The summed E-state index contributed by atoms with van der Waals surface area (Å²) in [6.45, 7) is 0.637. The summed E-state index contributed by atoms with van der Waals surface area (Å²) in [5.74, 6) is -1.06. The Kier molecular flexibility index (Phi) is 3.58. The van der Waals surface area contributed by atoms with E-state index in [9.17, 15) is 9.59 Å². The summed E-state index contributed by atoms with van der Waals surface area (Å²) in [7, 11) is 0. The smallest absolute Gasteiger partial charge is 0.356 e. The Bertz CT molecular complexity index is 551. The van der Waals surface area contributed by atoms with Crippen LogP contribution in [0.15, 0.2) is 17.5 Å². The van der Waals surface area contributed by atoms with Crippen LogP contribution < -0.4 is 4.90 Å². The van der Waals surface area contributed by atoms with Crippen molar-refractivity contribution in [3.05, 3.63) is 28.5 Å². The number of nitrogens with zero attached hydrogens (tertiary/aromatic N) is 6. The van der Waals surface area contributed by atoms with Crippen molar-refractivity contribution in [3.8, 4) is 0 Å². The number of aromatic nitrogens is 2. The number of anilines is 1. The summed E-state index contributed by atoms with van der Waals surface area (Å²) in [5, 5.41) is 12.1. The zero-order chi connectivity index (χ0) is 13.8. The first-order valence-electron chi connectivity index (χ1n) is 5.48. The maximum absolute atomic E-state index is 11.8. The molecule has 2 heterocycles. The number of carboxylic acid groups (broad SMARTS) is 1. The summed E-state index contributed by atoms with van der Waals surface area (Å²) in [4.78, 5) is 34.1. The van der Waals surface area contributed by atoms with Crippen LogP contribution in [0.1, 0.15) is 16.9 Å². The summed E-state index contributed by atoms with van der Waals surface area (Å²) in [6.07, 6.45) is 2.63. The van der Waals surface area contributed by atoms with E-state index >= 15 is 0 Å². The van der Waals surface area contributed by atoms with Crippen molar-refractivity contribution in [3.63, 3.8) is 0 Å². The van der Waals surface area contributed by atoms with Crippen LogP contribution in [-0.2, 0) is 4.79 Å². The Hall–Kier alpha value is -2.67. The van der Waals surface area contributed by atoms with Gasteiger partial charge in [-0.1, -0.05) is 5.11 Å². The lowest BCUT2D eigenvalue weighted by molar-refractivity contribution is -0.117. The predicted octanol–water partition coefficient (Wildman–Crippen LogP) is 0.838. The van der Waals surface area contributed by atoms with Gasteiger partial charge in [-0.3, -0.25) is 9.69 Å². The van der Waals surface area contributed by atoms with E-state index in [1.165, 1.54) is 11.1 Å². The van der Waals surface area contributed by atoms with Crippen molar-refractivity contribution >= 4 is 17.7 Å². The lowest BCUT2D eigenvalue weighted by Crippen LogP contribution is -2.26. The lowest BCUT2D eigenvalue weighted by atomic mass is 10.1. The van der Waals surface area contributed by atoms with Gasteiger partial charge in [0.15, 0.2) is 11.5 Å². The zero-order valence-electron chi connectivity index (χ0n) is 9.80. The fraction of sp³-hybridized carbons (Fsp3) is 0.400. The minimum Gasteiger partial charge on any atom is -0.476 e. The first kappa shape index (κ1) is 12.8. The Labute approximate surface area is 107 Å². The molecule has 0 spiro atoms. The van der Waals surface area contributed by atoms with Gasteiger partial charge in [0.2, 0.25) is 5.91 Å². The largest absolute Gasteiger partial charge is 0.476 e. The molecule has 1 fully saturated rings. The molecule has 9 nitrogen and oxygen atoms in total. The second-order valence-corrected chi connectivity index (χ2v) is 4.05. The number of carbonyl (C=O) groups excluding carboxylic acids is 1. The Morgan fingerprint density at radius 3 is 2.95 bits per heavy atom. The van der Waals surface area contributed by atoms with Gasteiger partial charge in [-0.05, 0) is 11.4 Å². The van der Waals surface area contributed by atoms with Gasteiger partial charge in [-0.25, -0.2) is 14.8 Å². The molecular formula is C10H10N6O3. The van der Waals surface area contributed by atoms with Gasteiger partial charge in [-0.2, -0.15) is 0 Å². The van der Waals surface area contributed by atoms with Crippen LogP contribution >= 0.6 is 0 Å². The fourth-order valence-corrected chi connectivity index (χ4v) is 1.85. The minimum absolute atomic E-state index is 0.0515. The van der Waals surface area contributed by atoms with Crippen LogP contribution in [0.3, 0.4) is 0 Å². The molecule has 1 aliphatic rings. The molecule has 0 aliphatic carbocycles. The molecule has 0 aromatic carbocycles. The van der Waals surface area contributed by atoms with E-state index in [0.29, 0.717) is 12.4 Å². The Morgan fingerprint density at radius 1 is 1.58 bits per heavy atom. The van der Waals surface area contributed by atoms with Crippen LogP contribution in [0.4, 0.5) is 5.82 Å². The van der Waals surface area contributed by atoms with E-state index in [-0.39, 0.29) is 30.5 Å². The fourth-order valence-electron chi connectivity index (χ4n) is 1.85. The van der Waals surface area contributed by atoms with E-state index in [2.05, 4.69) is 20.0 Å². The molecular weight excluding hydrogens is 252 g/mol. The average Bonchev–Trinajstić information content (AvgIpc) is 2.77. The zero-order valence-corrected chi connectivity index (χ0v) is 9.80. The molecule has 0 radical (unpaired) electrons. The standard InChI is InChI=1S/C10H10N6O3/c11-15-14-2-6-1-9(17)16(5-6)8-4-12-7(3-13-8)10(18)19/h3-4,6H,1-2,5H2,(H,18,19). The second-order valence-electron chi connectivity index (χ2n) is 4.05. The first-order chi connectivity index (χ1) is 9.11. The highest BCUT2D eigenvalue weighted by Gasteiger charge is 2.31. The van der Waals surface area contributed by atoms with Crippen LogP contribution in [0.5, 0.6) is 0 Å². The van der Waals surface area contributed by atoms with Gasteiger partial charge < -0.3 is 5.11 Å². The Morgan fingerprint density at radius 2 is 2.37 bits per heavy atom. The Balaban J connectivity index is 2.11. The number of amides is 1. The van der Waals surface area contributed by atoms with Crippen LogP contribution in [0.2, 0.25) is 0 Å². The molecule has 1 aromatic rings. The molecule has 0 bridgehead atoms. The van der Waals surface area contributed by atoms with E-state index in [1.54, 1.807) is 0 Å². The molecule has 1 amide bonds. The number of aromatic carboxylic acids is 1. The van der Waals surface area contributed by atoms with Gasteiger partial charge in [0.25, 0.3) is 0 Å². The minimum atomic E-state index is -1.17. The monoisotopic (exact) mass is 262 g/mol. The molecule has 1 aromatic heterocycles. The third-order valence-corrected chi connectivity index (χ3v) is 2.74. The van der Waals surface area contributed by atoms with Crippen LogP contribution in [0, 0.1) is 5.92 Å². The van der Waals surface area contributed by atoms with Crippen molar-refractivity contribution in [1.82, 2.24) is 9.97 Å². The predicted molar refractivity (Wildman–Crippen MR) is 63.5 cm³/mol. The van der Waals surface area contributed by atoms with Crippen molar-refractivity contribution < 1.29 is 14.7 Å². The molecule has 0 saturated carbocycles. The number of hydrogen-bond donors (Lipinski definition) is 1. The van der Waals surface area contributed by atoms with E-state index in [1.807, 2.05) is 0 Å². The second kappa shape index (κ2) is 5.32. The SMILES string of the molecule is [N-]=[N+]=NCC1CC(=O)N(c2cnc(C(=O)O)cn2)C1. The molecule has 1 aliphatic heterocycles. The molecule has 9 heteroatoms. The molecule has 1 N–H and O–H groups in total. The van der Waals surface area contributed by atoms with E-state index < -0.39 is 5.97 Å². The normalized spacial score (nSPS) is 18.2. The average molecular weight is 262 g/mol. The highest BCUT2D eigenvalue weighted by Crippen LogP contribution is 2.23.